The molecular formula is C29H23NO4S. The third kappa shape index (κ3) is 4.24. The number of hydrogen-bond acceptors (Lipinski definition) is 5. The molecule has 0 aliphatic carbocycles. The number of aliphatic hydroxyl groups excluding tert-OH is 1. The summed E-state index contributed by atoms with van der Waals surface area (Å²) in [5.41, 5.74) is 2.97. The maximum absolute atomic E-state index is 13.3. The van der Waals surface area contributed by atoms with Crippen molar-refractivity contribution < 1.29 is 19.4 Å². The van der Waals surface area contributed by atoms with Crippen molar-refractivity contribution in [2.45, 2.75) is 19.9 Å². The number of para-hydroxylation sites is 1. The molecule has 2 heterocycles. The van der Waals surface area contributed by atoms with Gasteiger partial charge < -0.3 is 9.84 Å². The maximum atomic E-state index is 13.3. The van der Waals surface area contributed by atoms with E-state index >= 15 is 0 Å². The van der Waals surface area contributed by atoms with Crippen LogP contribution >= 0.6 is 11.3 Å². The van der Waals surface area contributed by atoms with E-state index in [9.17, 15) is 14.7 Å². The molecule has 174 valence electrons. The maximum Gasteiger partial charge on any atom is 0.300 e. The zero-order valence-corrected chi connectivity index (χ0v) is 20.1. The number of carbonyl (C=O) groups is 2. The second-order valence-electron chi connectivity index (χ2n) is 8.41. The molecular weight excluding hydrogens is 458 g/mol. The molecule has 1 amide bonds. The SMILES string of the molecule is Cc1ccc(C)c(/C(O)=C2/C(=O)C(=O)N(c3ccc(Oc4ccccc4)cc3)C2c2cccs2)c1. The van der Waals surface area contributed by atoms with Crippen molar-refractivity contribution in [1.82, 2.24) is 0 Å². The number of ether oxygens (including phenoxy) is 1. The molecule has 4 aromatic rings. The fourth-order valence-corrected chi connectivity index (χ4v) is 5.07. The molecule has 3 aromatic carbocycles. The first-order valence-corrected chi connectivity index (χ1v) is 12.1. The Balaban J connectivity index is 1.58. The normalized spacial score (nSPS) is 17.1. The van der Waals surface area contributed by atoms with Gasteiger partial charge in [0.05, 0.1) is 5.57 Å². The number of amides is 1. The van der Waals surface area contributed by atoms with E-state index in [1.54, 1.807) is 24.3 Å². The molecule has 1 atom stereocenters. The van der Waals surface area contributed by atoms with E-state index in [4.69, 9.17) is 4.74 Å². The van der Waals surface area contributed by atoms with Crippen LogP contribution in [0.15, 0.2) is 95.9 Å². The van der Waals surface area contributed by atoms with Crippen molar-refractivity contribution in [3.05, 3.63) is 117 Å². The third-order valence-corrected chi connectivity index (χ3v) is 6.92. The average molecular weight is 482 g/mol. The van der Waals surface area contributed by atoms with Crippen molar-refractivity contribution in [2.24, 2.45) is 0 Å². The van der Waals surface area contributed by atoms with Crippen LogP contribution in [0.25, 0.3) is 5.76 Å². The minimum absolute atomic E-state index is 0.0933. The second-order valence-corrected chi connectivity index (χ2v) is 9.39. The molecule has 5 rings (SSSR count). The van der Waals surface area contributed by atoms with Crippen LogP contribution in [0.1, 0.15) is 27.6 Å². The number of carbonyl (C=O) groups excluding carboxylic acids is 2. The molecule has 0 bridgehead atoms. The van der Waals surface area contributed by atoms with Gasteiger partial charge in [-0.3, -0.25) is 14.5 Å². The molecule has 5 nitrogen and oxygen atoms in total. The van der Waals surface area contributed by atoms with Gasteiger partial charge >= 0.3 is 0 Å². The van der Waals surface area contributed by atoms with Gasteiger partial charge in [-0.2, -0.15) is 0 Å². The van der Waals surface area contributed by atoms with Crippen molar-refractivity contribution >= 4 is 34.5 Å². The average Bonchev–Trinajstić information content (AvgIpc) is 3.48. The summed E-state index contributed by atoms with van der Waals surface area (Å²) in [5.74, 6) is -0.222. The van der Waals surface area contributed by atoms with Crippen LogP contribution in [0.4, 0.5) is 5.69 Å². The van der Waals surface area contributed by atoms with Crippen LogP contribution in [-0.2, 0) is 9.59 Å². The standard InChI is InChI=1S/C29H23NO4S/c1-18-10-11-19(2)23(17-18)27(31)25-26(24-9-6-16-35-24)30(29(33)28(25)32)20-12-14-22(15-13-20)34-21-7-4-3-5-8-21/h3-17,26,31H,1-2H3/b27-25-. The number of hydrogen-bond donors (Lipinski definition) is 1. The summed E-state index contributed by atoms with van der Waals surface area (Å²) in [6.07, 6.45) is 0. The zero-order chi connectivity index (χ0) is 24.5. The van der Waals surface area contributed by atoms with Gasteiger partial charge in [0.2, 0.25) is 0 Å². The summed E-state index contributed by atoms with van der Waals surface area (Å²) in [5, 5.41) is 13.2. The highest BCUT2D eigenvalue weighted by molar-refractivity contribution is 7.10. The Morgan fingerprint density at radius 2 is 1.60 bits per heavy atom. The van der Waals surface area contributed by atoms with E-state index in [1.807, 2.05) is 79.9 Å². The van der Waals surface area contributed by atoms with Crippen LogP contribution in [0.3, 0.4) is 0 Å². The van der Waals surface area contributed by atoms with E-state index in [0.29, 0.717) is 22.7 Å². The first-order valence-electron chi connectivity index (χ1n) is 11.2. The molecule has 1 saturated heterocycles. The Hall–Kier alpha value is -4.16. The van der Waals surface area contributed by atoms with Crippen molar-refractivity contribution in [3.63, 3.8) is 0 Å². The number of anilines is 1. The van der Waals surface area contributed by atoms with Crippen LogP contribution in [0, 0.1) is 13.8 Å². The quantitative estimate of drug-likeness (QED) is 0.194. The highest BCUT2D eigenvalue weighted by Gasteiger charge is 2.47. The van der Waals surface area contributed by atoms with Crippen LogP contribution < -0.4 is 9.64 Å². The fourth-order valence-electron chi connectivity index (χ4n) is 4.25. The molecule has 0 spiro atoms. The second kappa shape index (κ2) is 9.24. The topological polar surface area (TPSA) is 66.8 Å². The first kappa shape index (κ1) is 22.6. The van der Waals surface area contributed by atoms with Gasteiger partial charge in [-0.25, -0.2) is 0 Å². The van der Waals surface area contributed by atoms with E-state index in [0.717, 1.165) is 16.0 Å². The molecule has 1 unspecified atom stereocenters. The number of nitrogens with zero attached hydrogens (tertiary/aromatic N) is 1. The van der Waals surface area contributed by atoms with Crippen molar-refractivity contribution in [3.8, 4) is 11.5 Å². The Bertz CT molecular complexity index is 1420. The van der Waals surface area contributed by atoms with Crippen molar-refractivity contribution in [1.29, 1.82) is 0 Å². The lowest BCUT2D eigenvalue weighted by Gasteiger charge is -2.24. The summed E-state index contributed by atoms with van der Waals surface area (Å²) >= 11 is 1.44. The molecule has 0 radical (unpaired) electrons. The van der Waals surface area contributed by atoms with Crippen molar-refractivity contribution in [2.75, 3.05) is 4.90 Å². The van der Waals surface area contributed by atoms with E-state index < -0.39 is 17.7 Å². The smallest absolute Gasteiger partial charge is 0.300 e. The lowest BCUT2D eigenvalue weighted by Crippen LogP contribution is -2.29. The summed E-state index contributed by atoms with van der Waals surface area (Å²) in [4.78, 5) is 28.8. The van der Waals surface area contributed by atoms with Gasteiger partial charge in [0.1, 0.15) is 23.3 Å². The lowest BCUT2D eigenvalue weighted by molar-refractivity contribution is -0.132. The predicted octanol–water partition coefficient (Wildman–Crippen LogP) is 6.78. The minimum Gasteiger partial charge on any atom is -0.507 e. The Morgan fingerprint density at radius 1 is 0.886 bits per heavy atom. The number of benzene rings is 3. The molecule has 1 fully saturated rings. The van der Waals surface area contributed by atoms with Crippen LogP contribution in [0.2, 0.25) is 0 Å². The number of ketones is 1. The van der Waals surface area contributed by atoms with E-state index in [-0.39, 0.29) is 11.3 Å². The largest absolute Gasteiger partial charge is 0.507 e. The van der Waals surface area contributed by atoms with Crippen LogP contribution in [0.5, 0.6) is 11.5 Å². The van der Waals surface area contributed by atoms with Gasteiger partial charge in [-0.1, -0.05) is 42.0 Å². The molecule has 6 heteroatoms. The third-order valence-electron chi connectivity index (χ3n) is 6.00. The fraction of sp³-hybridized carbons (Fsp3) is 0.103. The van der Waals surface area contributed by atoms with Gasteiger partial charge in [0, 0.05) is 16.1 Å². The van der Waals surface area contributed by atoms with Gasteiger partial charge in [0.15, 0.2) is 0 Å². The number of thiophene rings is 1. The van der Waals surface area contributed by atoms with Gasteiger partial charge in [-0.15, -0.1) is 11.3 Å². The lowest BCUT2D eigenvalue weighted by atomic mass is 9.96. The highest BCUT2D eigenvalue weighted by atomic mass is 32.1. The van der Waals surface area contributed by atoms with E-state index in [1.165, 1.54) is 16.2 Å². The summed E-state index contributed by atoms with van der Waals surface area (Å²) in [6, 6.07) is 25.1. The molecule has 1 aliphatic rings. The molecule has 1 aromatic heterocycles. The van der Waals surface area contributed by atoms with Gasteiger partial charge in [-0.05, 0) is 73.3 Å². The monoisotopic (exact) mass is 481 g/mol. The predicted molar refractivity (Wildman–Crippen MR) is 138 cm³/mol. The van der Waals surface area contributed by atoms with Gasteiger partial charge in [0.25, 0.3) is 11.7 Å². The Kier molecular flexibility index (Phi) is 5.97. The summed E-state index contributed by atoms with van der Waals surface area (Å²) < 4.78 is 5.87. The number of aliphatic hydroxyl groups is 1. The van der Waals surface area contributed by atoms with E-state index in [2.05, 4.69) is 0 Å². The molecule has 35 heavy (non-hydrogen) atoms. The number of aryl methyl sites for hydroxylation is 2. The Labute approximate surface area is 207 Å². The number of rotatable bonds is 5. The molecule has 1 aliphatic heterocycles. The first-order chi connectivity index (χ1) is 16.9. The highest BCUT2D eigenvalue weighted by Crippen LogP contribution is 2.44. The van der Waals surface area contributed by atoms with Crippen LogP contribution in [-0.4, -0.2) is 16.8 Å². The number of Topliss-reactive ketones (excluding diaryl/α,β-unsaturated/α-hetero) is 1. The summed E-state index contributed by atoms with van der Waals surface area (Å²) in [7, 11) is 0. The molecule has 1 N–H and O–H groups in total. The minimum atomic E-state index is -0.726. The Morgan fingerprint density at radius 3 is 2.29 bits per heavy atom. The summed E-state index contributed by atoms with van der Waals surface area (Å²) in [6.45, 7) is 3.79. The molecule has 0 saturated carbocycles. The zero-order valence-electron chi connectivity index (χ0n) is 19.3.